The zero-order valence-electron chi connectivity index (χ0n) is 19.4. The summed E-state index contributed by atoms with van der Waals surface area (Å²) in [5.74, 6) is 1.66. The van der Waals surface area contributed by atoms with Crippen LogP contribution < -0.4 is 9.64 Å². The van der Waals surface area contributed by atoms with Crippen molar-refractivity contribution in [2.24, 2.45) is 0 Å². The summed E-state index contributed by atoms with van der Waals surface area (Å²) in [7, 11) is 0. The Labute approximate surface area is 205 Å². The van der Waals surface area contributed by atoms with Crippen molar-refractivity contribution in [3.63, 3.8) is 0 Å². The smallest absolute Gasteiger partial charge is 0.170 e. The van der Waals surface area contributed by atoms with Crippen LogP contribution in [0.2, 0.25) is 5.02 Å². The van der Waals surface area contributed by atoms with Crippen LogP contribution in [0.3, 0.4) is 0 Å². The van der Waals surface area contributed by atoms with E-state index in [0.717, 1.165) is 55.0 Å². The summed E-state index contributed by atoms with van der Waals surface area (Å²) in [5.41, 5.74) is 6.07. The minimum absolute atomic E-state index is 0.116. The predicted octanol–water partition coefficient (Wildman–Crippen LogP) is 5.99. The summed E-state index contributed by atoms with van der Waals surface area (Å²) < 4.78 is 6.43. The predicted molar refractivity (Wildman–Crippen MR) is 134 cm³/mol. The quantitative estimate of drug-likeness (QED) is 0.457. The number of aryl methyl sites for hydroxylation is 3. The first-order valence-corrected chi connectivity index (χ1v) is 12.6. The lowest BCUT2D eigenvalue weighted by molar-refractivity contribution is 0.0230. The lowest BCUT2D eigenvalue weighted by Gasteiger charge is -2.44. The molecular formula is C28H28ClN3O2. The van der Waals surface area contributed by atoms with Gasteiger partial charge in [0.1, 0.15) is 11.4 Å². The number of piperidine rings is 1. The lowest BCUT2D eigenvalue weighted by atomic mass is 9.82. The molecule has 0 bridgehead atoms. The Hall–Kier alpha value is -2.92. The number of carbonyl (C=O) groups is 1. The molecule has 1 aliphatic carbocycles. The summed E-state index contributed by atoms with van der Waals surface area (Å²) >= 11 is 6.23. The molecule has 0 unspecified atom stereocenters. The number of nitrogens with zero attached hydrogens (tertiary/aromatic N) is 3. The molecule has 1 spiro atoms. The van der Waals surface area contributed by atoms with E-state index in [9.17, 15) is 4.79 Å². The van der Waals surface area contributed by atoms with E-state index in [2.05, 4.69) is 45.4 Å². The normalized spacial score (nSPS) is 18.9. The molecule has 3 aliphatic rings. The summed E-state index contributed by atoms with van der Waals surface area (Å²) in [4.78, 5) is 15.1. The van der Waals surface area contributed by atoms with Crippen molar-refractivity contribution in [3.8, 4) is 17.0 Å². The largest absolute Gasteiger partial charge is 0.486 e. The molecule has 0 atom stereocenters. The Balaban J connectivity index is 1.16. The number of halogens is 1. The topological polar surface area (TPSA) is 55.3 Å². The van der Waals surface area contributed by atoms with E-state index in [1.807, 2.05) is 13.0 Å². The fourth-order valence-corrected chi connectivity index (χ4v) is 5.74. The molecule has 1 aromatic heterocycles. The van der Waals surface area contributed by atoms with Crippen molar-refractivity contribution in [1.82, 2.24) is 10.2 Å². The van der Waals surface area contributed by atoms with Gasteiger partial charge in [-0.15, -0.1) is 10.2 Å². The summed E-state index contributed by atoms with van der Waals surface area (Å²) in [6, 6.07) is 14.5. The van der Waals surface area contributed by atoms with Gasteiger partial charge >= 0.3 is 0 Å². The highest BCUT2D eigenvalue weighted by molar-refractivity contribution is 6.31. The second-order valence-corrected chi connectivity index (χ2v) is 10.3. The van der Waals surface area contributed by atoms with Crippen LogP contribution in [0.1, 0.15) is 59.2 Å². The first-order valence-electron chi connectivity index (χ1n) is 12.2. The van der Waals surface area contributed by atoms with Crippen LogP contribution in [0.5, 0.6) is 5.75 Å². The van der Waals surface area contributed by atoms with Crippen molar-refractivity contribution in [3.05, 3.63) is 69.7 Å². The fraction of sp³-hybridized carbons (Fsp3) is 0.393. The third kappa shape index (κ3) is 3.86. The number of fused-ring (bicyclic) bond motifs is 2. The van der Waals surface area contributed by atoms with Gasteiger partial charge in [-0.25, -0.2) is 0 Å². The molecule has 2 aromatic carbocycles. The Kier molecular flexibility index (Phi) is 5.33. The van der Waals surface area contributed by atoms with Crippen molar-refractivity contribution in [2.75, 3.05) is 18.0 Å². The van der Waals surface area contributed by atoms with E-state index < -0.39 is 5.60 Å². The van der Waals surface area contributed by atoms with Gasteiger partial charge in [-0.2, -0.15) is 0 Å². The highest BCUT2D eigenvalue weighted by Crippen LogP contribution is 2.41. The van der Waals surface area contributed by atoms with Gasteiger partial charge in [0.2, 0.25) is 0 Å². The monoisotopic (exact) mass is 473 g/mol. The molecule has 1 saturated heterocycles. The maximum atomic E-state index is 12.9. The maximum absolute atomic E-state index is 12.9. The second-order valence-electron chi connectivity index (χ2n) is 9.94. The number of hydrogen-bond donors (Lipinski definition) is 0. The van der Waals surface area contributed by atoms with Gasteiger partial charge in [-0.05, 0) is 79.6 Å². The van der Waals surface area contributed by atoms with Crippen molar-refractivity contribution in [2.45, 2.75) is 57.5 Å². The minimum atomic E-state index is -0.447. The SMILES string of the molecule is Cc1cc2c(cc1Cl)C(=O)CC1(CCN(c3ccc(-c4ccc5c(c4)CCCC5)nn3)CC1)O2. The first kappa shape index (κ1) is 21.6. The molecule has 0 N–H and O–H groups in total. The van der Waals surface area contributed by atoms with Crippen LogP contribution >= 0.6 is 11.6 Å². The van der Waals surface area contributed by atoms with Gasteiger partial charge < -0.3 is 9.64 Å². The third-order valence-corrected chi connectivity index (χ3v) is 8.07. The zero-order valence-corrected chi connectivity index (χ0v) is 20.2. The molecule has 6 rings (SSSR count). The number of hydrogen-bond acceptors (Lipinski definition) is 5. The molecule has 174 valence electrons. The standard InChI is InChI=1S/C28H28ClN3O2/c1-18-14-26-22(16-23(18)29)25(33)17-28(34-26)10-12-32(13-11-28)27-9-8-24(30-31-27)21-7-6-19-4-2-3-5-20(19)15-21/h6-9,14-16H,2-5,10-13,17H2,1H3. The molecule has 34 heavy (non-hydrogen) atoms. The number of Topliss-reactive ketones (excluding diaryl/α,β-unsaturated/α-hetero) is 1. The number of benzene rings is 2. The van der Waals surface area contributed by atoms with E-state index in [-0.39, 0.29) is 5.78 Å². The molecule has 1 fully saturated rings. The highest BCUT2D eigenvalue weighted by atomic mass is 35.5. The first-order chi connectivity index (χ1) is 16.5. The summed E-state index contributed by atoms with van der Waals surface area (Å²) in [6.45, 7) is 3.50. The van der Waals surface area contributed by atoms with E-state index in [1.165, 1.54) is 30.4 Å². The number of ketones is 1. The zero-order chi connectivity index (χ0) is 23.3. The van der Waals surface area contributed by atoms with E-state index >= 15 is 0 Å². The van der Waals surface area contributed by atoms with Crippen molar-refractivity contribution < 1.29 is 9.53 Å². The van der Waals surface area contributed by atoms with E-state index in [4.69, 9.17) is 16.3 Å². The molecule has 5 nitrogen and oxygen atoms in total. The molecule has 3 heterocycles. The van der Waals surface area contributed by atoms with Gasteiger partial charge in [-0.1, -0.05) is 23.7 Å². The summed E-state index contributed by atoms with van der Waals surface area (Å²) in [5, 5.41) is 9.71. The molecular weight excluding hydrogens is 446 g/mol. The Morgan fingerprint density at radius 1 is 0.971 bits per heavy atom. The fourth-order valence-electron chi connectivity index (χ4n) is 5.58. The van der Waals surface area contributed by atoms with Gasteiger partial charge in [0.15, 0.2) is 11.6 Å². The van der Waals surface area contributed by atoms with Crippen LogP contribution in [0.4, 0.5) is 5.82 Å². The third-order valence-electron chi connectivity index (χ3n) is 7.66. The van der Waals surface area contributed by atoms with Crippen molar-refractivity contribution >= 4 is 23.2 Å². The summed E-state index contributed by atoms with van der Waals surface area (Å²) in [6.07, 6.45) is 6.85. The number of carbonyl (C=O) groups excluding carboxylic acids is 1. The van der Waals surface area contributed by atoms with Gasteiger partial charge in [0, 0.05) is 36.5 Å². The van der Waals surface area contributed by atoms with Crippen LogP contribution in [-0.4, -0.2) is 34.7 Å². The minimum Gasteiger partial charge on any atom is -0.486 e. The Morgan fingerprint density at radius 3 is 2.53 bits per heavy atom. The number of anilines is 1. The van der Waals surface area contributed by atoms with Crippen LogP contribution in [0.25, 0.3) is 11.3 Å². The average molecular weight is 474 g/mol. The van der Waals surface area contributed by atoms with Crippen LogP contribution in [0.15, 0.2) is 42.5 Å². The van der Waals surface area contributed by atoms with E-state index in [0.29, 0.717) is 22.8 Å². The van der Waals surface area contributed by atoms with Gasteiger partial charge in [-0.3, -0.25) is 4.79 Å². The number of ether oxygens (including phenoxy) is 1. The number of aromatic nitrogens is 2. The van der Waals surface area contributed by atoms with E-state index in [1.54, 1.807) is 6.07 Å². The molecule has 0 radical (unpaired) electrons. The van der Waals surface area contributed by atoms with Gasteiger partial charge in [0.25, 0.3) is 0 Å². The molecule has 2 aliphatic heterocycles. The van der Waals surface area contributed by atoms with Crippen molar-refractivity contribution in [1.29, 1.82) is 0 Å². The number of rotatable bonds is 2. The second kappa shape index (κ2) is 8.38. The average Bonchev–Trinajstić information content (AvgIpc) is 2.86. The molecule has 0 amide bonds. The Morgan fingerprint density at radius 2 is 1.76 bits per heavy atom. The van der Waals surface area contributed by atoms with Gasteiger partial charge in [0.05, 0.1) is 17.7 Å². The highest BCUT2D eigenvalue weighted by Gasteiger charge is 2.43. The molecule has 0 saturated carbocycles. The van der Waals surface area contributed by atoms with Crippen LogP contribution in [-0.2, 0) is 12.8 Å². The molecule has 3 aromatic rings. The maximum Gasteiger partial charge on any atom is 0.170 e. The Bertz CT molecular complexity index is 1260. The lowest BCUT2D eigenvalue weighted by Crippen LogP contribution is -2.51. The van der Waals surface area contributed by atoms with Crippen LogP contribution in [0, 0.1) is 6.92 Å². The molecule has 6 heteroatoms.